The first-order valence-electron chi connectivity index (χ1n) is 12.6. The molecule has 39 heavy (non-hydrogen) atoms. The highest BCUT2D eigenvalue weighted by Crippen LogP contribution is 2.47. The summed E-state index contributed by atoms with van der Waals surface area (Å²) < 4.78 is 14.3. The Balaban J connectivity index is 0.000000276. The molecule has 0 spiro atoms. The van der Waals surface area contributed by atoms with Gasteiger partial charge in [-0.1, -0.05) is 35.9 Å². The molecule has 2 aromatic rings. The molecule has 11 heteroatoms. The van der Waals surface area contributed by atoms with Gasteiger partial charge in [0.2, 0.25) is 0 Å². The molecule has 0 radical (unpaired) electrons. The van der Waals surface area contributed by atoms with Crippen molar-refractivity contribution in [3.63, 3.8) is 0 Å². The lowest BCUT2D eigenvalue weighted by Gasteiger charge is -2.44. The van der Waals surface area contributed by atoms with Crippen LogP contribution in [0.4, 0.5) is 4.39 Å². The molecule has 2 unspecified atom stereocenters. The number of aliphatic carboxylic acids is 3. The van der Waals surface area contributed by atoms with Gasteiger partial charge < -0.3 is 30.6 Å². The van der Waals surface area contributed by atoms with Crippen molar-refractivity contribution in [2.45, 2.75) is 82.2 Å². The van der Waals surface area contributed by atoms with Crippen molar-refractivity contribution >= 4 is 17.9 Å². The molecule has 2 bridgehead atoms. The fraction of sp³-hybridized carbons (Fsp3) is 0.464. The van der Waals surface area contributed by atoms with E-state index in [1.165, 1.54) is 6.07 Å². The summed E-state index contributed by atoms with van der Waals surface area (Å²) in [6.45, 7) is 4.64. The number of carboxylic acids is 3. The van der Waals surface area contributed by atoms with Crippen molar-refractivity contribution in [1.29, 1.82) is 0 Å². The highest BCUT2D eigenvalue weighted by Gasteiger charge is 2.49. The van der Waals surface area contributed by atoms with Crippen LogP contribution in [0.25, 0.3) is 0 Å². The van der Waals surface area contributed by atoms with Crippen LogP contribution >= 0.6 is 0 Å². The molecular weight excluding hydrogens is 513 g/mol. The monoisotopic (exact) mass is 547 g/mol. The van der Waals surface area contributed by atoms with Gasteiger partial charge in [-0.2, -0.15) is 0 Å². The van der Waals surface area contributed by atoms with Crippen molar-refractivity contribution in [2.75, 3.05) is 0 Å². The largest absolute Gasteiger partial charge is 0.507 e. The molecule has 0 aliphatic carbocycles. The molecule has 4 rings (SSSR count). The standard InChI is InChI=1S/C22H26FNO2.C6H8O7/c1-14-9-15(2)21(25)16(10-14)13-24-17-7-8-18(24)12-22(26,11-17)19-5-3-4-6-20(19)23;7-3(8)1-6(13,5(11)12)2-4(9)10/h3-6,9-10,17-18,25-26H,7-8,11-13H2,1-2H3;13H,1-2H2,(H,7,8)(H,9,10)(H,11,12). The fourth-order valence-electron chi connectivity index (χ4n) is 5.71. The van der Waals surface area contributed by atoms with E-state index < -0.39 is 42.0 Å². The predicted molar refractivity (Wildman–Crippen MR) is 137 cm³/mol. The Labute approximate surface area is 224 Å². The van der Waals surface area contributed by atoms with Crippen LogP contribution < -0.4 is 0 Å². The summed E-state index contributed by atoms with van der Waals surface area (Å²) in [6.07, 6.45) is 0.801. The molecule has 0 saturated carbocycles. The number of phenols is 1. The zero-order chi connectivity index (χ0) is 29.1. The number of carbonyl (C=O) groups is 3. The average Bonchev–Trinajstić information content (AvgIpc) is 3.05. The minimum Gasteiger partial charge on any atom is -0.507 e. The van der Waals surface area contributed by atoms with Crippen LogP contribution in [0.3, 0.4) is 0 Å². The zero-order valence-electron chi connectivity index (χ0n) is 21.8. The number of hydrogen-bond donors (Lipinski definition) is 6. The Morgan fingerprint density at radius 1 is 1.00 bits per heavy atom. The molecule has 2 heterocycles. The topological polar surface area (TPSA) is 176 Å². The Hall–Kier alpha value is -3.54. The summed E-state index contributed by atoms with van der Waals surface area (Å²) in [6, 6.07) is 11.0. The second-order valence-corrected chi connectivity index (χ2v) is 10.5. The Bertz CT molecular complexity index is 1220. The summed E-state index contributed by atoms with van der Waals surface area (Å²) in [5.41, 5.74) is -0.438. The van der Waals surface area contributed by atoms with E-state index in [0.29, 0.717) is 30.7 Å². The van der Waals surface area contributed by atoms with E-state index >= 15 is 0 Å². The first-order chi connectivity index (χ1) is 18.1. The van der Waals surface area contributed by atoms with E-state index in [1.54, 1.807) is 18.2 Å². The van der Waals surface area contributed by atoms with Crippen LogP contribution in [0.2, 0.25) is 0 Å². The number of benzene rings is 2. The third-order valence-electron chi connectivity index (χ3n) is 7.46. The van der Waals surface area contributed by atoms with E-state index in [2.05, 4.69) is 4.90 Å². The molecule has 10 nitrogen and oxygen atoms in total. The smallest absolute Gasteiger partial charge is 0.336 e. The molecule has 0 amide bonds. The fourth-order valence-corrected chi connectivity index (χ4v) is 5.71. The van der Waals surface area contributed by atoms with Gasteiger partial charge in [0, 0.05) is 29.8 Å². The second-order valence-electron chi connectivity index (χ2n) is 10.5. The van der Waals surface area contributed by atoms with Gasteiger partial charge >= 0.3 is 17.9 Å². The number of nitrogens with zero attached hydrogens (tertiary/aromatic N) is 1. The van der Waals surface area contributed by atoms with Crippen LogP contribution in [0.15, 0.2) is 36.4 Å². The average molecular weight is 548 g/mol. The number of rotatable bonds is 8. The number of aryl methyl sites for hydroxylation is 2. The highest BCUT2D eigenvalue weighted by atomic mass is 19.1. The first kappa shape index (κ1) is 30.0. The molecule has 0 aromatic heterocycles. The lowest BCUT2D eigenvalue weighted by molar-refractivity contribution is -0.170. The Kier molecular flexibility index (Phi) is 8.99. The van der Waals surface area contributed by atoms with E-state index in [-0.39, 0.29) is 17.9 Å². The number of hydrogen-bond acceptors (Lipinski definition) is 7. The maximum Gasteiger partial charge on any atom is 0.336 e. The summed E-state index contributed by atoms with van der Waals surface area (Å²) in [7, 11) is 0. The number of phenolic OH excluding ortho intramolecular Hbond substituents is 1. The van der Waals surface area contributed by atoms with E-state index in [9.17, 15) is 29.0 Å². The van der Waals surface area contributed by atoms with Crippen molar-refractivity contribution in [1.82, 2.24) is 4.90 Å². The van der Waals surface area contributed by atoms with Gasteiger partial charge in [-0.15, -0.1) is 0 Å². The molecule has 6 N–H and O–H groups in total. The molecule has 2 fully saturated rings. The molecule has 2 aromatic carbocycles. The highest BCUT2D eigenvalue weighted by molar-refractivity contribution is 5.88. The number of fused-ring (bicyclic) bond motifs is 2. The maximum atomic E-state index is 14.3. The second kappa shape index (κ2) is 11.7. The lowest BCUT2D eigenvalue weighted by atomic mass is 9.80. The van der Waals surface area contributed by atoms with E-state index in [1.807, 2.05) is 26.0 Å². The normalized spacial score (nSPS) is 22.6. The summed E-state index contributed by atoms with van der Waals surface area (Å²) in [4.78, 5) is 32.9. The minimum atomic E-state index is -2.74. The molecule has 212 valence electrons. The van der Waals surface area contributed by atoms with E-state index in [4.69, 9.17) is 20.4 Å². The van der Waals surface area contributed by atoms with Gasteiger partial charge in [0.1, 0.15) is 11.6 Å². The third-order valence-corrected chi connectivity index (χ3v) is 7.46. The van der Waals surface area contributed by atoms with Crippen LogP contribution in [-0.4, -0.2) is 71.1 Å². The van der Waals surface area contributed by atoms with Crippen molar-refractivity contribution < 1.29 is 49.4 Å². The third kappa shape index (κ3) is 6.92. The SMILES string of the molecule is Cc1cc(C)c(O)c(CN2C3CCC2CC(O)(c2ccccc2F)C3)c1.O=C(O)CC(O)(CC(=O)O)C(=O)O. The van der Waals surface area contributed by atoms with Crippen LogP contribution in [0, 0.1) is 19.7 Å². The van der Waals surface area contributed by atoms with Gasteiger partial charge in [0.25, 0.3) is 0 Å². The van der Waals surface area contributed by atoms with Crippen LogP contribution in [0.1, 0.15) is 60.8 Å². The van der Waals surface area contributed by atoms with Gasteiger partial charge in [-0.05, 0) is 51.2 Å². The molecule has 2 aliphatic heterocycles. The zero-order valence-corrected chi connectivity index (χ0v) is 21.8. The number of piperidine rings is 1. The van der Waals surface area contributed by atoms with Crippen LogP contribution in [-0.2, 0) is 26.5 Å². The molecular formula is C28H34FNO9. The van der Waals surface area contributed by atoms with Crippen molar-refractivity contribution in [3.05, 3.63) is 64.5 Å². The van der Waals surface area contributed by atoms with Crippen LogP contribution in [0.5, 0.6) is 5.75 Å². The predicted octanol–water partition coefficient (Wildman–Crippen LogP) is 2.91. The van der Waals surface area contributed by atoms with Crippen molar-refractivity contribution in [3.8, 4) is 5.75 Å². The Morgan fingerprint density at radius 3 is 2.03 bits per heavy atom. The van der Waals surface area contributed by atoms with Gasteiger partial charge in [-0.3, -0.25) is 14.5 Å². The van der Waals surface area contributed by atoms with Gasteiger partial charge in [-0.25, -0.2) is 9.18 Å². The summed E-state index contributed by atoms with van der Waals surface area (Å²) in [5.74, 6) is -4.98. The molecule has 2 atom stereocenters. The number of halogens is 1. The van der Waals surface area contributed by atoms with Crippen molar-refractivity contribution in [2.24, 2.45) is 0 Å². The maximum absolute atomic E-state index is 14.3. The first-order valence-corrected chi connectivity index (χ1v) is 12.6. The Morgan fingerprint density at radius 2 is 1.54 bits per heavy atom. The molecule has 2 aliphatic rings. The van der Waals surface area contributed by atoms with E-state index in [0.717, 1.165) is 29.5 Å². The summed E-state index contributed by atoms with van der Waals surface area (Å²) >= 11 is 0. The lowest BCUT2D eigenvalue weighted by Crippen LogP contribution is -2.49. The number of carboxylic acid groups (broad SMARTS) is 3. The summed E-state index contributed by atoms with van der Waals surface area (Å²) in [5, 5.41) is 55.5. The number of aromatic hydroxyl groups is 1. The minimum absolute atomic E-state index is 0.207. The molecule has 2 saturated heterocycles. The van der Waals surface area contributed by atoms with Gasteiger partial charge in [0.05, 0.1) is 18.4 Å². The number of aliphatic hydroxyl groups is 2. The van der Waals surface area contributed by atoms with Gasteiger partial charge in [0.15, 0.2) is 5.60 Å². The quantitative estimate of drug-likeness (QED) is 0.288.